The minimum Gasteiger partial charge on any atom is -0.487 e. The lowest BCUT2D eigenvalue weighted by atomic mass is 10.2. The first-order valence-corrected chi connectivity index (χ1v) is 12.3. The van der Waals surface area contributed by atoms with Gasteiger partial charge in [0, 0.05) is 12.1 Å². The standard InChI is InChI=1S/C23H14Br2N2O4S2/c24-18-10-15(12-20-22(28)26(23(32)33-20)16-4-2-1-3-5-16)11-19(25)21(18)31-13-14-6-8-17(9-7-14)27(29)30/h1-12H,13H2/b20-12+. The van der Waals surface area contributed by atoms with Gasteiger partial charge in [0.05, 0.1) is 24.5 Å². The van der Waals surface area contributed by atoms with Gasteiger partial charge in [0.1, 0.15) is 12.4 Å². The van der Waals surface area contributed by atoms with E-state index in [1.54, 1.807) is 18.2 Å². The summed E-state index contributed by atoms with van der Waals surface area (Å²) in [5.41, 5.74) is 2.36. The van der Waals surface area contributed by atoms with Crippen molar-refractivity contribution in [2.45, 2.75) is 6.61 Å². The zero-order valence-electron chi connectivity index (χ0n) is 16.7. The van der Waals surface area contributed by atoms with Gasteiger partial charge in [-0.3, -0.25) is 19.8 Å². The number of carbonyl (C=O) groups excluding carboxylic acids is 1. The van der Waals surface area contributed by atoms with Crippen LogP contribution in [0.25, 0.3) is 6.08 Å². The number of carbonyl (C=O) groups is 1. The maximum atomic E-state index is 12.9. The first-order valence-electron chi connectivity index (χ1n) is 9.51. The van der Waals surface area contributed by atoms with Crippen LogP contribution < -0.4 is 9.64 Å². The lowest BCUT2D eigenvalue weighted by Crippen LogP contribution is -2.27. The van der Waals surface area contributed by atoms with E-state index >= 15 is 0 Å². The Hall–Kier alpha value is -2.53. The molecule has 0 N–H and O–H groups in total. The number of nitro groups is 1. The topological polar surface area (TPSA) is 72.7 Å². The van der Waals surface area contributed by atoms with Crippen molar-refractivity contribution in [2.75, 3.05) is 4.90 Å². The quantitative estimate of drug-likeness (QED) is 0.129. The van der Waals surface area contributed by atoms with Crippen LogP contribution in [0.5, 0.6) is 5.75 Å². The molecule has 1 aliphatic heterocycles. The third-order valence-corrected chi connectivity index (χ3v) is 7.14. The van der Waals surface area contributed by atoms with Crippen molar-refractivity contribution < 1.29 is 14.5 Å². The maximum Gasteiger partial charge on any atom is 0.270 e. The molecular weight excluding hydrogens is 592 g/mol. The predicted octanol–water partition coefficient (Wildman–Crippen LogP) is 7.10. The lowest BCUT2D eigenvalue weighted by molar-refractivity contribution is -0.384. The van der Waals surface area contributed by atoms with Gasteiger partial charge in [0.15, 0.2) is 4.32 Å². The number of hydrogen-bond acceptors (Lipinski definition) is 6. The number of thiocarbonyl (C=S) groups is 1. The Balaban J connectivity index is 1.51. The van der Waals surface area contributed by atoms with Crippen LogP contribution in [0, 0.1) is 10.1 Å². The minimum atomic E-state index is -0.440. The Morgan fingerprint density at radius 2 is 1.70 bits per heavy atom. The Bertz CT molecular complexity index is 1260. The van der Waals surface area contributed by atoms with Crippen molar-refractivity contribution in [3.63, 3.8) is 0 Å². The molecule has 3 aromatic carbocycles. The summed E-state index contributed by atoms with van der Waals surface area (Å²) in [6.45, 7) is 0.240. The van der Waals surface area contributed by atoms with Gasteiger partial charge in [-0.15, -0.1) is 0 Å². The van der Waals surface area contributed by atoms with Crippen LogP contribution in [0.2, 0.25) is 0 Å². The highest BCUT2D eigenvalue weighted by Gasteiger charge is 2.33. The highest BCUT2D eigenvalue weighted by molar-refractivity contribution is 9.11. The second kappa shape index (κ2) is 10.2. The van der Waals surface area contributed by atoms with Gasteiger partial charge in [-0.1, -0.05) is 42.2 Å². The number of amides is 1. The van der Waals surface area contributed by atoms with E-state index < -0.39 is 4.92 Å². The minimum absolute atomic E-state index is 0.0307. The molecule has 6 nitrogen and oxygen atoms in total. The third kappa shape index (κ3) is 5.35. The summed E-state index contributed by atoms with van der Waals surface area (Å²) in [6.07, 6.45) is 1.79. The van der Waals surface area contributed by atoms with Crippen molar-refractivity contribution in [2.24, 2.45) is 0 Å². The summed E-state index contributed by atoms with van der Waals surface area (Å²) in [7, 11) is 0. The molecule has 0 spiro atoms. The fraction of sp³-hybridized carbons (Fsp3) is 0.0435. The number of nitro benzene ring substituents is 1. The number of ether oxygens (including phenoxy) is 1. The van der Waals surface area contributed by atoms with Crippen LogP contribution in [0.1, 0.15) is 11.1 Å². The van der Waals surface area contributed by atoms with Crippen molar-refractivity contribution in [3.05, 3.63) is 102 Å². The summed E-state index contributed by atoms with van der Waals surface area (Å²) in [5.74, 6) is 0.421. The summed E-state index contributed by atoms with van der Waals surface area (Å²) >= 11 is 13.7. The Labute approximate surface area is 216 Å². The van der Waals surface area contributed by atoms with Crippen LogP contribution in [0.4, 0.5) is 11.4 Å². The van der Waals surface area contributed by atoms with Gasteiger partial charge in [-0.25, -0.2) is 0 Å². The molecule has 33 heavy (non-hydrogen) atoms. The van der Waals surface area contributed by atoms with Gasteiger partial charge in [0.25, 0.3) is 11.6 Å². The first kappa shape index (κ1) is 23.6. The summed E-state index contributed by atoms with van der Waals surface area (Å²) in [5, 5.41) is 10.8. The number of rotatable bonds is 6. The van der Waals surface area contributed by atoms with E-state index in [9.17, 15) is 14.9 Å². The van der Waals surface area contributed by atoms with E-state index in [1.807, 2.05) is 42.5 Å². The monoisotopic (exact) mass is 604 g/mol. The van der Waals surface area contributed by atoms with E-state index in [0.717, 1.165) is 16.8 Å². The number of thioether (sulfide) groups is 1. The fourth-order valence-corrected chi connectivity index (χ4v) is 5.84. The third-order valence-electron chi connectivity index (χ3n) is 4.66. The molecule has 1 heterocycles. The molecule has 1 aliphatic rings. The van der Waals surface area contributed by atoms with Gasteiger partial charge in [-0.2, -0.15) is 0 Å². The van der Waals surface area contributed by atoms with Gasteiger partial charge < -0.3 is 4.74 Å². The number of hydrogen-bond donors (Lipinski definition) is 0. The van der Waals surface area contributed by atoms with Crippen LogP contribution >= 0.6 is 55.8 Å². The summed E-state index contributed by atoms with van der Waals surface area (Å²) in [6, 6.07) is 19.2. The number of anilines is 1. The number of non-ortho nitro benzene ring substituents is 1. The first-order chi connectivity index (χ1) is 15.8. The average molecular weight is 606 g/mol. The zero-order chi connectivity index (χ0) is 23.5. The molecule has 0 atom stereocenters. The normalized spacial score (nSPS) is 14.7. The van der Waals surface area contributed by atoms with E-state index in [4.69, 9.17) is 17.0 Å². The molecular formula is C23H14Br2N2O4S2. The number of nitrogens with zero attached hydrogens (tertiary/aromatic N) is 2. The van der Waals surface area contributed by atoms with Gasteiger partial charge in [0.2, 0.25) is 0 Å². The highest BCUT2D eigenvalue weighted by atomic mass is 79.9. The Morgan fingerprint density at radius 1 is 1.06 bits per heavy atom. The van der Waals surface area contributed by atoms with Crippen LogP contribution in [-0.4, -0.2) is 15.2 Å². The maximum absolute atomic E-state index is 12.9. The van der Waals surface area contributed by atoms with Crippen molar-refractivity contribution >= 4 is 83.5 Å². The molecule has 3 aromatic rings. The molecule has 1 saturated heterocycles. The smallest absolute Gasteiger partial charge is 0.270 e. The number of halogens is 2. The van der Waals surface area contributed by atoms with Crippen molar-refractivity contribution in [3.8, 4) is 5.75 Å². The van der Waals surface area contributed by atoms with Crippen LogP contribution in [-0.2, 0) is 11.4 Å². The SMILES string of the molecule is O=C1/C(=C\c2cc(Br)c(OCc3ccc([N+](=O)[O-])cc3)c(Br)c2)SC(=S)N1c1ccccc1. The molecule has 0 aliphatic carbocycles. The molecule has 1 amide bonds. The Morgan fingerprint density at radius 3 is 2.30 bits per heavy atom. The van der Waals surface area contributed by atoms with Crippen LogP contribution in [0.15, 0.2) is 80.6 Å². The van der Waals surface area contributed by atoms with Gasteiger partial charge >= 0.3 is 0 Å². The molecule has 0 bridgehead atoms. The molecule has 0 radical (unpaired) electrons. The molecule has 0 unspecified atom stereocenters. The fourth-order valence-electron chi connectivity index (χ4n) is 3.09. The molecule has 4 rings (SSSR count). The van der Waals surface area contributed by atoms with Crippen molar-refractivity contribution in [1.29, 1.82) is 0 Å². The largest absolute Gasteiger partial charge is 0.487 e. The predicted molar refractivity (Wildman–Crippen MR) is 141 cm³/mol. The van der Waals surface area contributed by atoms with Crippen LogP contribution in [0.3, 0.4) is 0 Å². The second-order valence-corrected chi connectivity index (χ2v) is 10.3. The highest BCUT2D eigenvalue weighted by Crippen LogP contribution is 2.39. The summed E-state index contributed by atoms with van der Waals surface area (Å²) < 4.78 is 7.79. The molecule has 166 valence electrons. The molecule has 0 saturated carbocycles. The number of para-hydroxylation sites is 1. The van der Waals surface area contributed by atoms with Crippen molar-refractivity contribution in [1.82, 2.24) is 0 Å². The van der Waals surface area contributed by atoms with E-state index in [0.29, 0.717) is 23.9 Å². The zero-order valence-corrected chi connectivity index (χ0v) is 21.5. The summed E-state index contributed by atoms with van der Waals surface area (Å²) in [4.78, 5) is 25.3. The molecule has 10 heteroatoms. The lowest BCUT2D eigenvalue weighted by Gasteiger charge is -2.14. The molecule has 1 fully saturated rings. The Kier molecular flexibility index (Phi) is 7.28. The van der Waals surface area contributed by atoms with Gasteiger partial charge in [-0.05, 0) is 85.5 Å². The van der Waals surface area contributed by atoms with E-state index in [-0.39, 0.29) is 18.2 Å². The van der Waals surface area contributed by atoms with E-state index in [1.165, 1.54) is 28.8 Å². The number of benzene rings is 3. The van der Waals surface area contributed by atoms with E-state index in [2.05, 4.69) is 31.9 Å². The second-order valence-electron chi connectivity index (χ2n) is 6.88. The molecule has 0 aromatic heterocycles. The average Bonchev–Trinajstić information content (AvgIpc) is 3.06.